The molecule has 1 aromatic rings. The number of benzene rings is 1. The Morgan fingerprint density at radius 2 is 1.82 bits per heavy atom. The van der Waals surface area contributed by atoms with Crippen LogP contribution in [0, 0.1) is 0 Å². The summed E-state index contributed by atoms with van der Waals surface area (Å²) in [5, 5.41) is 0. The molecule has 0 fully saturated rings. The number of hydroxylamine groups is 1. The van der Waals surface area contributed by atoms with Crippen LogP contribution in [0.25, 0.3) is 0 Å². The van der Waals surface area contributed by atoms with Gasteiger partial charge < -0.3 is 0 Å². The number of carbonyl (C=O) groups excluding carboxylic acids is 1. The molecule has 0 unspecified atom stereocenters. The molecule has 0 saturated heterocycles. The van der Waals surface area contributed by atoms with E-state index in [-0.39, 0.29) is 5.91 Å². The normalized spacial score (nSPS) is 13.2. The molecular formula is C11H12F3NO2. The quantitative estimate of drug-likeness (QED) is 0.834. The summed E-state index contributed by atoms with van der Waals surface area (Å²) in [6, 6.07) is 4.58. The van der Waals surface area contributed by atoms with E-state index in [1.165, 1.54) is 19.1 Å². The molecule has 0 saturated carbocycles. The van der Waals surface area contributed by atoms with E-state index in [0.717, 1.165) is 12.1 Å². The third kappa shape index (κ3) is 4.07. The molecule has 6 heteroatoms. The van der Waals surface area contributed by atoms with Crippen molar-refractivity contribution in [3.63, 3.8) is 0 Å². The number of rotatable bonds is 3. The Labute approximate surface area is 96.5 Å². The Bertz CT molecular complexity index is 387. The Hall–Kier alpha value is -1.56. The summed E-state index contributed by atoms with van der Waals surface area (Å²) in [4.78, 5) is 15.5. The molecule has 1 amide bonds. The van der Waals surface area contributed by atoms with Crippen LogP contribution >= 0.6 is 0 Å². The fourth-order valence-electron chi connectivity index (χ4n) is 1.18. The summed E-state index contributed by atoms with van der Waals surface area (Å²) in [5.41, 5.74) is 1.96. The van der Waals surface area contributed by atoms with Crippen LogP contribution in [0.1, 0.15) is 31.1 Å². The molecule has 1 N–H and O–H groups in total. The van der Waals surface area contributed by atoms with Gasteiger partial charge in [-0.25, -0.2) is 5.48 Å². The van der Waals surface area contributed by atoms with Gasteiger partial charge in [0.15, 0.2) is 0 Å². The number of hydrogen-bond acceptors (Lipinski definition) is 2. The molecule has 0 radical (unpaired) electrons. The van der Waals surface area contributed by atoms with Crippen LogP contribution in [-0.4, -0.2) is 5.91 Å². The molecule has 1 aromatic carbocycles. The molecule has 1 atom stereocenters. The first-order chi connectivity index (χ1) is 7.80. The van der Waals surface area contributed by atoms with Gasteiger partial charge in [0.1, 0.15) is 6.10 Å². The van der Waals surface area contributed by atoms with E-state index in [1.807, 2.05) is 0 Å². The maximum absolute atomic E-state index is 12.3. The largest absolute Gasteiger partial charge is 0.416 e. The lowest BCUT2D eigenvalue weighted by molar-refractivity contribution is -0.137. The van der Waals surface area contributed by atoms with Crippen molar-refractivity contribution < 1.29 is 22.8 Å². The van der Waals surface area contributed by atoms with Gasteiger partial charge in [-0.2, -0.15) is 13.2 Å². The predicted molar refractivity (Wildman–Crippen MR) is 54.8 cm³/mol. The second-order valence-electron chi connectivity index (χ2n) is 3.54. The van der Waals surface area contributed by atoms with Gasteiger partial charge in [-0.05, 0) is 24.6 Å². The van der Waals surface area contributed by atoms with Crippen LogP contribution in [0.5, 0.6) is 0 Å². The van der Waals surface area contributed by atoms with Crippen molar-refractivity contribution in [2.45, 2.75) is 26.1 Å². The molecule has 0 heterocycles. The Balaban J connectivity index is 2.70. The van der Waals surface area contributed by atoms with Gasteiger partial charge in [0.05, 0.1) is 5.56 Å². The number of halogens is 3. The Morgan fingerprint density at radius 3 is 2.24 bits per heavy atom. The lowest BCUT2D eigenvalue weighted by Crippen LogP contribution is -2.22. The van der Waals surface area contributed by atoms with Gasteiger partial charge in [0.25, 0.3) is 0 Å². The van der Waals surface area contributed by atoms with Gasteiger partial charge >= 0.3 is 6.18 Å². The number of carbonyl (C=O) groups is 1. The monoisotopic (exact) mass is 247 g/mol. The highest BCUT2D eigenvalue weighted by molar-refractivity contribution is 5.71. The highest BCUT2D eigenvalue weighted by atomic mass is 19.4. The maximum Gasteiger partial charge on any atom is 0.416 e. The molecule has 0 spiro atoms. The third-order valence-corrected chi connectivity index (χ3v) is 2.09. The minimum Gasteiger partial charge on any atom is -0.273 e. The first-order valence-electron chi connectivity index (χ1n) is 4.90. The smallest absolute Gasteiger partial charge is 0.273 e. The predicted octanol–water partition coefficient (Wildman–Crippen LogP) is 2.83. The lowest BCUT2D eigenvalue weighted by Gasteiger charge is -2.13. The topological polar surface area (TPSA) is 38.3 Å². The van der Waals surface area contributed by atoms with E-state index in [2.05, 4.69) is 5.48 Å². The standard InChI is InChI=1S/C11H12F3NO2/c1-7(17-15-8(2)16)9-3-5-10(6-4-9)11(12,13)14/h3-7H,1-2H3,(H,15,16)/t7-/m0/s1. The number of hydrogen-bond donors (Lipinski definition) is 1. The van der Waals surface area contributed by atoms with Gasteiger partial charge in [-0.15, -0.1) is 0 Å². The van der Waals surface area contributed by atoms with Crippen LogP contribution in [-0.2, 0) is 15.8 Å². The SMILES string of the molecule is CC(=O)NO[C@@H](C)c1ccc(C(F)(F)F)cc1. The minimum absolute atomic E-state index is 0.372. The average molecular weight is 247 g/mol. The minimum atomic E-state index is -4.35. The summed E-state index contributed by atoms with van der Waals surface area (Å²) in [7, 11) is 0. The first kappa shape index (κ1) is 13.5. The van der Waals surface area contributed by atoms with Gasteiger partial charge in [0.2, 0.25) is 5.91 Å². The summed E-state index contributed by atoms with van der Waals surface area (Å²) in [5.74, 6) is -0.372. The molecule has 0 aliphatic carbocycles. The van der Waals surface area contributed by atoms with Crippen LogP contribution < -0.4 is 5.48 Å². The molecule has 17 heavy (non-hydrogen) atoms. The van der Waals surface area contributed by atoms with Crippen molar-refractivity contribution in [2.75, 3.05) is 0 Å². The zero-order valence-electron chi connectivity index (χ0n) is 9.34. The van der Waals surface area contributed by atoms with Crippen LogP contribution in [0.15, 0.2) is 24.3 Å². The molecule has 0 aliphatic rings. The first-order valence-corrected chi connectivity index (χ1v) is 4.90. The lowest BCUT2D eigenvalue weighted by atomic mass is 10.1. The van der Waals surface area contributed by atoms with Crippen molar-refractivity contribution in [2.24, 2.45) is 0 Å². The fraction of sp³-hybridized carbons (Fsp3) is 0.364. The molecule has 0 aromatic heterocycles. The summed E-state index contributed by atoms with van der Waals surface area (Å²) < 4.78 is 36.9. The summed E-state index contributed by atoms with van der Waals surface area (Å²) >= 11 is 0. The molecule has 1 rings (SSSR count). The van der Waals surface area contributed by atoms with Crippen LogP contribution in [0.4, 0.5) is 13.2 Å². The second kappa shape index (κ2) is 5.18. The third-order valence-electron chi connectivity index (χ3n) is 2.09. The Morgan fingerprint density at radius 1 is 1.29 bits per heavy atom. The van der Waals surface area contributed by atoms with Gasteiger partial charge in [-0.1, -0.05) is 12.1 Å². The summed E-state index contributed by atoms with van der Waals surface area (Å²) in [6.45, 7) is 2.90. The van der Waals surface area contributed by atoms with E-state index < -0.39 is 17.8 Å². The number of amides is 1. The van der Waals surface area contributed by atoms with Crippen LogP contribution in [0.3, 0.4) is 0 Å². The molecule has 0 bridgehead atoms. The number of alkyl halides is 3. The average Bonchev–Trinajstić information content (AvgIpc) is 2.25. The fourth-order valence-corrected chi connectivity index (χ4v) is 1.18. The zero-order valence-corrected chi connectivity index (χ0v) is 9.34. The van der Waals surface area contributed by atoms with E-state index in [0.29, 0.717) is 5.56 Å². The van der Waals surface area contributed by atoms with E-state index in [1.54, 1.807) is 6.92 Å². The molecule has 0 aliphatic heterocycles. The van der Waals surface area contributed by atoms with Crippen LogP contribution in [0.2, 0.25) is 0 Å². The summed E-state index contributed by atoms with van der Waals surface area (Å²) in [6.07, 6.45) is -4.86. The molecule has 94 valence electrons. The highest BCUT2D eigenvalue weighted by Crippen LogP contribution is 2.30. The number of nitrogens with one attached hydrogen (secondary N) is 1. The molecule has 3 nitrogen and oxygen atoms in total. The van der Waals surface area contributed by atoms with Crippen molar-refractivity contribution in [1.82, 2.24) is 5.48 Å². The van der Waals surface area contributed by atoms with Crippen molar-refractivity contribution >= 4 is 5.91 Å². The van der Waals surface area contributed by atoms with Crippen molar-refractivity contribution in [3.8, 4) is 0 Å². The van der Waals surface area contributed by atoms with Crippen molar-refractivity contribution in [1.29, 1.82) is 0 Å². The van der Waals surface area contributed by atoms with E-state index in [4.69, 9.17) is 4.84 Å². The van der Waals surface area contributed by atoms with Gasteiger partial charge in [0, 0.05) is 6.92 Å². The van der Waals surface area contributed by atoms with Crippen molar-refractivity contribution in [3.05, 3.63) is 35.4 Å². The molecular weight excluding hydrogens is 235 g/mol. The zero-order chi connectivity index (χ0) is 13.1. The Kier molecular flexibility index (Phi) is 4.11. The second-order valence-corrected chi connectivity index (χ2v) is 3.54. The highest BCUT2D eigenvalue weighted by Gasteiger charge is 2.30. The van der Waals surface area contributed by atoms with E-state index in [9.17, 15) is 18.0 Å². The van der Waals surface area contributed by atoms with E-state index >= 15 is 0 Å². The van der Waals surface area contributed by atoms with Gasteiger partial charge in [-0.3, -0.25) is 9.63 Å². The maximum atomic E-state index is 12.3.